The Labute approximate surface area is 165 Å². The van der Waals surface area contributed by atoms with Gasteiger partial charge >= 0.3 is 0 Å². The van der Waals surface area contributed by atoms with E-state index in [0.29, 0.717) is 12.8 Å². The minimum atomic E-state index is -4.06. The van der Waals surface area contributed by atoms with Crippen LogP contribution in [0.1, 0.15) is 31.7 Å². The molecule has 1 aliphatic rings. The van der Waals surface area contributed by atoms with Crippen LogP contribution in [0, 0.1) is 5.82 Å². The average molecular weight is 405 g/mol. The molecule has 28 heavy (non-hydrogen) atoms. The molecule has 7 heteroatoms. The number of amides is 1. The second-order valence-corrected chi connectivity index (χ2v) is 9.00. The molecule has 0 aliphatic carbocycles. The van der Waals surface area contributed by atoms with E-state index in [2.05, 4.69) is 5.32 Å². The number of aryl methyl sites for hydroxylation is 1. The van der Waals surface area contributed by atoms with E-state index in [1.165, 1.54) is 23.8 Å². The summed E-state index contributed by atoms with van der Waals surface area (Å²) in [7, 11) is -4.06. The van der Waals surface area contributed by atoms with Crippen LogP contribution in [0.3, 0.4) is 0 Å². The van der Waals surface area contributed by atoms with Crippen LogP contribution in [0.2, 0.25) is 0 Å². The summed E-state index contributed by atoms with van der Waals surface area (Å²) in [6.45, 7) is 2.12. The van der Waals surface area contributed by atoms with E-state index in [9.17, 15) is 17.6 Å². The quantitative estimate of drug-likeness (QED) is 0.771. The van der Waals surface area contributed by atoms with Gasteiger partial charge in [0, 0.05) is 12.6 Å². The molecule has 2 aromatic rings. The average Bonchev–Trinajstić information content (AvgIpc) is 3.18. The molecular weight excluding hydrogens is 379 g/mol. The zero-order valence-electron chi connectivity index (χ0n) is 15.8. The first kappa shape index (κ1) is 20.5. The lowest BCUT2D eigenvalue weighted by Gasteiger charge is -2.25. The van der Waals surface area contributed by atoms with E-state index in [0.717, 1.165) is 23.2 Å². The first-order valence-electron chi connectivity index (χ1n) is 9.50. The van der Waals surface area contributed by atoms with E-state index in [1.54, 1.807) is 0 Å². The van der Waals surface area contributed by atoms with E-state index in [4.69, 9.17) is 0 Å². The Bertz CT molecular complexity index is 918. The smallest absolute Gasteiger partial charge is 0.246 e. The van der Waals surface area contributed by atoms with E-state index in [-0.39, 0.29) is 23.4 Å². The van der Waals surface area contributed by atoms with Crippen molar-refractivity contribution in [2.45, 2.75) is 49.6 Å². The minimum absolute atomic E-state index is 0.0914. The lowest BCUT2D eigenvalue weighted by molar-refractivity contribution is -0.124. The van der Waals surface area contributed by atoms with Crippen molar-refractivity contribution in [2.75, 3.05) is 6.54 Å². The van der Waals surface area contributed by atoms with Crippen molar-refractivity contribution in [1.29, 1.82) is 0 Å². The fraction of sp³-hybridized carbons (Fsp3) is 0.381. The van der Waals surface area contributed by atoms with Gasteiger partial charge in [-0.05, 0) is 50.3 Å². The van der Waals surface area contributed by atoms with Crippen LogP contribution < -0.4 is 5.32 Å². The lowest BCUT2D eigenvalue weighted by atomic mass is 10.1. The third-order valence-electron chi connectivity index (χ3n) is 5.03. The van der Waals surface area contributed by atoms with Crippen molar-refractivity contribution in [3.05, 3.63) is 66.0 Å². The number of hydrogen-bond donors (Lipinski definition) is 1. The molecule has 2 atom stereocenters. The number of hydrogen-bond acceptors (Lipinski definition) is 3. The third-order valence-corrected chi connectivity index (χ3v) is 6.97. The highest BCUT2D eigenvalue weighted by atomic mass is 32.2. The van der Waals surface area contributed by atoms with Crippen LogP contribution >= 0.6 is 0 Å². The molecule has 0 unspecified atom stereocenters. The van der Waals surface area contributed by atoms with Crippen LogP contribution in [-0.2, 0) is 21.2 Å². The van der Waals surface area contributed by atoms with Crippen LogP contribution in [-0.4, -0.2) is 37.3 Å². The zero-order valence-corrected chi connectivity index (χ0v) is 16.7. The van der Waals surface area contributed by atoms with Crippen molar-refractivity contribution in [1.82, 2.24) is 9.62 Å². The summed E-state index contributed by atoms with van der Waals surface area (Å²) in [4.78, 5) is 12.3. The standard InChI is InChI=1S/C21H25FN2O3S/c1-16(13-14-17-8-3-2-4-9-17)23-21(25)19-11-7-15-24(19)28(26,27)20-12-6-5-10-18(20)22/h2-6,8-10,12,16,19H,7,11,13-15H2,1H3,(H,23,25)/t16-,19+/m1/s1. The van der Waals surface area contributed by atoms with Crippen LogP contribution in [0.25, 0.3) is 0 Å². The maximum atomic E-state index is 14.0. The molecule has 2 aromatic carbocycles. The van der Waals surface area contributed by atoms with Crippen molar-refractivity contribution in [3.63, 3.8) is 0 Å². The molecule has 1 N–H and O–H groups in total. The molecule has 0 spiro atoms. The summed E-state index contributed by atoms with van der Waals surface area (Å²) in [6.07, 6.45) is 2.59. The van der Waals surface area contributed by atoms with Crippen molar-refractivity contribution >= 4 is 15.9 Å². The largest absolute Gasteiger partial charge is 0.352 e. The third kappa shape index (κ3) is 4.59. The zero-order chi connectivity index (χ0) is 20.1. The van der Waals surface area contributed by atoms with Gasteiger partial charge in [-0.2, -0.15) is 4.31 Å². The van der Waals surface area contributed by atoms with Crippen LogP contribution in [0.15, 0.2) is 59.5 Å². The number of carbonyl (C=O) groups is 1. The van der Waals surface area contributed by atoms with Gasteiger partial charge in [0.2, 0.25) is 15.9 Å². The van der Waals surface area contributed by atoms with Gasteiger partial charge in [0.05, 0.1) is 0 Å². The summed E-state index contributed by atoms with van der Waals surface area (Å²) < 4.78 is 40.9. The van der Waals surface area contributed by atoms with Gasteiger partial charge in [-0.1, -0.05) is 42.5 Å². The number of nitrogens with zero attached hydrogens (tertiary/aromatic N) is 1. The normalized spacial score (nSPS) is 18.7. The fourth-order valence-corrected chi connectivity index (χ4v) is 5.23. The van der Waals surface area contributed by atoms with Crippen molar-refractivity contribution < 1.29 is 17.6 Å². The maximum Gasteiger partial charge on any atom is 0.246 e. The highest BCUT2D eigenvalue weighted by Gasteiger charge is 2.40. The molecule has 1 amide bonds. The number of sulfonamides is 1. The Morgan fingerprint density at radius 3 is 2.57 bits per heavy atom. The maximum absolute atomic E-state index is 14.0. The van der Waals surface area contributed by atoms with Gasteiger partial charge in [-0.25, -0.2) is 12.8 Å². The summed E-state index contributed by atoms with van der Waals surface area (Å²) >= 11 is 0. The van der Waals surface area contributed by atoms with E-state index >= 15 is 0 Å². The van der Waals surface area contributed by atoms with Gasteiger partial charge < -0.3 is 5.32 Å². The SMILES string of the molecule is C[C@H](CCc1ccccc1)NC(=O)[C@@H]1CCCN1S(=O)(=O)c1ccccc1F. The predicted molar refractivity (Wildman–Crippen MR) is 106 cm³/mol. The van der Waals surface area contributed by atoms with E-state index < -0.39 is 21.9 Å². The van der Waals surface area contributed by atoms with E-state index in [1.807, 2.05) is 37.3 Å². The molecule has 150 valence electrons. The lowest BCUT2D eigenvalue weighted by Crippen LogP contribution is -2.48. The summed E-state index contributed by atoms with van der Waals surface area (Å²) in [5.74, 6) is -1.12. The highest BCUT2D eigenvalue weighted by molar-refractivity contribution is 7.89. The molecule has 3 rings (SSSR count). The molecule has 1 fully saturated rings. The molecule has 1 heterocycles. The first-order chi connectivity index (χ1) is 13.4. The number of carbonyl (C=O) groups excluding carboxylic acids is 1. The molecule has 0 saturated carbocycles. The molecular formula is C21H25FN2O3S. The Kier molecular flexibility index (Phi) is 6.46. The number of rotatable bonds is 7. The van der Waals surface area contributed by atoms with Crippen LogP contribution in [0.5, 0.6) is 0 Å². The number of benzene rings is 2. The summed E-state index contributed by atoms with van der Waals surface area (Å²) in [5, 5.41) is 2.92. The Morgan fingerprint density at radius 2 is 1.86 bits per heavy atom. The number of nitrogens with one attached hydrogen (secondary N) is 1. The molecule has 1 saturated heterocycles. The van der Waals surface area contributed by atoms with Crippen LogP contribution in [0.4, 0.5) is 4.39 Å². The second kappa shape index (κ2) is 8.84. The first-order valence-corrected chi connectivity index (χ1v) is 10.9. The second-order valence-electron chi connectivity index (χ2n) is 7.14. The minimum Gasteiger partial charge on any atom is -0.352 e. The Morgan fingerprint density at radius 1 is 1.18 bits per heavy atom. The van der Waals surface area contributed by atoms with Gasteiger partial charge in [0.1, 0.15) is 16.8 Å². The van der Waals surface area contributed by atoms with Crippen molar-refractivity contribution in [2.24, 2.45) is 0 Å². The molecule has 0 bridgehead atoms. The summed E-state index contributed by atoms with van der Waals surface area (Å²) in [6, 6.07) is 14.4. The molecule has 0 radical (unpaired) electrons. The van der Waals surface area contributed by atoms with Crippen molar-refractivity contribution in [3.8, 4) is 0 Å². The highest BCUT2D eigenvalue weighted by Crippen LogP contribution is 2.27. The van der Waals surface area contributed by atoms with Gasteiger partial charge in [0.15, 0.2) is 0 Å². The Hall–Kier alpha value is -2.25. The molecule has 5 nitrogen and oxygen atoms in total. The predicted octanol–water partition coefficient (Wildman–Crippen LogP) is 3.12. The topological polar surface area (TPSA) is 66.5 Å². The molecule has 0 aromatic heterocycles. The Balaban J connectivity index is 1.65. The monoisotopic (exact) mass is 404 g/mol. The van der Waals surface area contributed by atoms with Gasteiger partial charge in [0.25, 0.3) is 0 Å². The summed E-state index contributed by atoms with van der Waals surface area (Å²) in [5.41, 5.74) is 1.19. The molecule has 1 aliphatic heterocycles. The number of halogens is 1. The van der Waals surface area contributed by atoms with Gasteiger partial charge in [-0.3, -0.25) is 4.79 Å². The fourth-order valence-electron chi connectivity index (χ4n) is 3.51. The van der Waals surface area contributed by atoms with Gasteiger partial charge in [-0.15, -0.1) is 0 Å².